The first-order chi connectivity index (χ1) is 13.6. The Hall–Kier alpha value is -3.67. The van der Waals surface area contributed by atoms with Crippen molar-refractivity contribution in [1.82, 2.24) is 4.90 Å². The van der Waals surface area contributed by atoms with Crippen molar-refractivity contribution in [2.24, 2.45) is 0 Å². The van der Waals surface area contributed by atoms with E-state index in [1.54, 1.807) is 48.5 Å². The van der Waals surface area contributed by atoms with Gasteiger partial charge in [-0.05, 0) is 18.2 Å². The number of carbonyl (C=O) groups excluding carboxylic acids is 2. The maximum atomic E-state index is 14.6. The fourth-order valence-electron chi connectivity index (χ4n) is 3.39. The number of nitrogens with zero attached hydrogens (tertiary/aromatic N) is 1. The second-order valence-electron chi connectivity index (χ2n) is 6.39. The molecule has 0 aliphatic carbocycles. The highest BCUT2D eigenvalue weighted by molar-refractivity contribution is 6.46. The highest BCUT2D eigenvalue weighted by Gasteiger charge is 2.47. The average Bonchev–Trinajstić information content (AvgIpc) is 3.31. The molecule has 0 bridgehead atoms. The van der Waals surface area contributed by atoms with E-state index in [9.17, 15) is 19.1 Å². The summed E-state index contributed by atoms with van der Waals surface area (Å²) in [6, 6.07) is 16.6. The van der Waals surface area contributed by atoms with Crippen LogP contribution in [0.3, 0.4) is 0 Å². The molecule has 1 atom stereocenters. The van der Waals surface area contributed by atoms with Gasteiger partial charge in [-0.25, -0.2) is 4.39 Å². The third-order valence-electron chi connectivity index (χ3n) is 4.69. The normalized spacial score (nSPS) is 18.6. The van der Waals surface area contributed by atoms with Crippen molar-refractivity contribution >= 4 is 17.4 Å². The minimum atomic E-state index is -1.06. The Morgan fingerprint density at radius 1 is 1.00 bits per heavy atom. The first kappa shape index (κ1) is 17.7. The van der Waals surface area contributed by atoms with Crippen LogP contribution in [0.5, 0.6) is 0 Å². The van der Waals surface area contributed by atoms with Gasteiger partial charge in [0.2, 0.25) is 0 Å². The van der Waals surface area contributed by atoms with E-state index in [2.05, 4.69) is 0 Å². The lowest BCUT2D eigenvalue weighted by Crippen LogP contribution is -2.29. The maximum Gasteiger partial charge on any atom is 0.296 e. The highest BCUT2D eigenvalue weighted by atomic mass is 19.1. The average molecular weight is 377 g/mol. The number of ketones is 1. The molecule has 0 radical (unpaired) electrons. The quantitative estimate of drug-likeness (QED) is 0.423. The third-order valence-corrected chi connectivity index (χ3v) is 4.69. The van der Waals surface area contributed by atoms with Crippen LogP contribution in [0.25, 0.3) is 5.76 Å². The van der Waals surface area contributed by atoms with E-state index >= 15 is 0 Å². The first-order valence-corrected chi connectivity index (χ1v) is 8.68. The van der Waals surface area contributed by atoms with Gasteiger partial charge in [-0.2, -0.15) is 0 Å². The van der Waals surface area contributed by atoms with Crippen LogP contribution < -0.4 is 0 Å². The Morgan fingerprint density at radius 3 is 2.39 bits per heavy atom. The van der Waals surface area contributed by atoms with Gasteiger partial charge >= 0.3 is 0 Å². The molecule has 1 amide bonds. The fraction of sp³-hybridized carbons (Fsp3) is 0.0909. The molecular weight excluding hydrogens is 361 g/mol. The fourth-order valence-corrected chi connectivity index (χ4v) is 3.39. The van der Waals surface area contributed by atoms with Gasteiger partial charge < -0.3 is 14.4 Å². The highest BCUT2D eigenvalue weighted by Crippen LogP contribution is 2.41. The Balaban J connectivity index is 1.90. The molecule has 4 rings (SSSR count). The summed E-state index contributed by atoms with van der Waals surface area (Å²) < 4.78 is 19.9. The van der Waals surface area contributed by atoms with E-state index in [1.165, 1.54) is 29.4 Å². The van der Waals surface area contributed by atoms with Crippen molar-refractivity contribution in [1.29, 1.82) is 0 Å². The number of rotatable bonds is 4. The van der Waals surface area contributed by atoms with Gasteiger partial charge in [0.05, 0.1) is 24.4 Å². The monoisotopic (exact) mass is 377 g/mol. The number of furan rings is 1. The second kappa shape index (κ2) is 7.15. The van der Waals surface area contributed by atoms with Crippen molar-refractivity contribution < 1.29 is 23.5 Å². The summed E-state index contributed by atoms with van der Waals surface area (Å²) in [4.78, 5) is 26.7. The standard InChI is InChI=1S/C22H16FNO4/c23-17-11-5-4-10-16(17)19-18(20(25)14-7-2-1-3-8-14)21(26)22(27)24(19)13-15-9-6-12-28-15/h1-12,19,25H,13H2/b20-18+/t19-/m0/s1. The van der Waals surface area contributed by atoms with Crippen LogP contribution in [0, 0.1) is 5.82 Å². The zero-order valence-electron chi connectivity index (χ0n) is 14.7. The topological polar surface area (TPSA) is 70.8 Å². The molecule has 6 heteroatoms. The SMILES string of the molecule is O=C1C(=O)N(Cc2ccco2)[C@@H](c2ccccc2F)/C1=C(\O)c1ccccc1. The van der Waals surface area contributed by atoms with E-state index in [0.717, 1.165) is 0 Å². The van der Waals surface area contributed by atoms with Gasteiger partial charge in [-0.3, -0.25) is 9.59 Å². The molecule has 1 saturated heterocycles. The molecule has 1 fully saturated rings. The predicted octanol–water partition coefficient (Wildman–Crippen LogP) is 4.04. The molecule has 2 heterocycles. The number of aliphatic hydroxyl groups excluding tert-OH is 1. The van der Waals surface area contributed by atoms with Gasteiger partial charge in [0.25, 0.3) is 11.7 Å². The lowest BCUT2D eigenvalue weighted by Gasteiger charge is -2.24. The summed E-state index contributed by atoms with van der Waals surface area (Å²) in [5.74, 6) is -2.14. The van der Waals surface area contributed by atoms with Crippen LogP contribution in [-0.2, 0) is 16.1 Å². The molecule has 0 spiro atoms. The molecule has 1 aliphatic heterocycles. The van der Waals surface area contributed by atoms with Crippen molar-refractivity contribution in [2.45, 2.75) is 12.6 Å². The number of hydrogen-bond donors (Lipinski definition) is 1. The lowest BCUT2D eigenvalue weighted by atomic mass is 9.95. The maximum absolute atomic E-state index is 14.6. The Morgan fingerprint density at radius 2 is 1.71 bits per heavy atom. The largest absolute Gasteiger partial charge is 0.507 e. The number of benzene rings is 2. The van der Waals surface area contributed by atoms with Crippen LogP contribution in [0.2, 0.25) is 0 Å². The van der Waals surface area contributed by atoms with Crippen molar-refractivity contribution in [3.8, 4) is 0 Å². The van der Waals surface area contributed by atoms with Gasteiger partial charge in [-0.1, -0.05) is 48.5 Å². The molecule has 0 saturated carbocycles. The lowest BCUT2D eigenvalue weighted by molar-refractivity contribution is -0.140. The number of Topliss-reactive ketones (excluding diaryl/α,β-unsaturated/α-hetero) is 1. The van der Waals surface area contributed by atoms with E-state index in [0.29, 0.717) is 11.3 Å². The van der Waals surface area contributed by atoms with E-state index < -0.39 is 23.5 Å². The molecule has 2 aromatic carbocycles. The minimum absolute atomic E-state index is 0.0257. The molecule has 140 valence electrons. The predicted molar refractivity (Wildman–Crippen MR) is 99.4 cm³/mol. The van der Waals surface area contributed by atoms with Crippen molar-refractivity contribution in [2.75, 3.05) is 0 Å². The number of halogens is 1. The summed E-state index contributed by atoms with van der Waals surface area (Å²) >= 11 is 0. The van der Waals surface area contributed by atoms with Gasteiger partial charge in [-0.15, -0.1) is 0 Å². The molecule has 1 aliphatic rings. The van der Waals surface area contributed by atoms with E-state index in [1.807, 2.05) is 0 Å². The smallest absolute Gasteiger partial charge is 0.296 e. The summed E-state index contributed by atoms with van der Waals surface area (Å²) in [7, 11) is 0. The molecule has 3 aromatic rings. The number of amides is 1. The van der Waals surface area contributed by atoms with E-state index in [4.69, 9.17) is 4.42 Å². The summed E-state index contributed by atoms with van der Waals surface area (Å²) in [5, 5.41) is 10.8. The number of aliphatic hydroxyl groups is 1. The number of hydrogen-bond acceptors (Lipinski definition) is 4. The van der Waals surface area contributed by atoms with Crippen molar-refractivity contribution in [3.05, 3.63) is 101 Å². The number of likely N-dealkylation sites (tertiary alicyclic amines) is 1. The minimum Gasteiger partial charge on any atom is -0.507 e. The van der Waals surface area contributed by atoms with Crippen LogP contribution in [0.15, 0.2) is 83.0 Å². The van der Waals surface area contributed by atoms with Crippen LogP contribution >= 0.6 is 0 Å². The zero-order chi connectivity index (χ0) is 19.7. The summed E-state index contributed by atoms with van der Waals surface area (Å²) in [6.07, 6.45) is 1.45. The van der Waals surface area contributed by atoms with Gasteiger partial charge in [0.1, 0.15) is 17.3 Å². The summed E-state index contributed by atoms with van der Waals surface area (Å²) in [5.41, 5.74) is 0.360. The number of carbonyl (C=O) groups is 2. The van der Waals surface area contributed by atoms with Crippen molar-refractivity contribution in [3.63, 3.8) is 0 Å². The molecule has 1 N–H and O–H groups in total. The summed E-state index contributed by atoms with van der Waals surface area (Å²) in [6.45, 7) is -0.0257. The first-order valence-electron chi connectivity index (χ1n) is 8.68. The second-order valence-corrected chi connectivity index (χ2v) is 6.39. The van der Waals surface area contributed by atoms with Gasteiger partial charge in [0, 0.05) is 11.1 Å². The van der Waals surface area contributed by atoms with Gasteiger partial charge in [0.15, 0.2) is 0 Å². The molecular formula is C22H16FNO4. The molecule has 1 aromatic heterocycles. The van der Waals surface area contributed by atoms with Crippen LogP contribution in [0.1, 0.15) is 22.9 Å². The van der Waals surface area contributed by atoms with Crippen LogP contribution in [0.4, 0.5) is 4.39 Å². The van der Waals surface area contributed by atoms with E-state index in [-0.39, 0.29) is 23.4 Å². The Bertz CT molecular complexity index is 1060. The zero-order valence-corrected chi connectivity index (χ0v) is 14.7. The molecule has 0 unspecified atom stereocenters. The molecule has 5 nitrogen and oxygen atoms in total. The molecule has 28 heavy (non-hydrogen) atoms. The van der Waals surface area contributed by atoms with Crippen LogP contribution in [-0.4, -0.2) is 21.7 Å². The Kier molecular flexibility index (Phi) is 4.53. The Labute approximate surface area is 160 Å². The third kappa shape index (κ3) is 2.99.